The first kappa shape index (κ1) is 14.9. The molecule has 0 aromatic heterocycles. The monoisotopic (exact) mass is 226 g/mol. The molecule has 16 heavy (non-hydrogen) atoms. The lowest BCUT2D eigenvalue weighted by atomic mass is 9.85. The first-order valence-corrected chi connectivity index (χ1v) is 5.60. The van der Waals surface area contributed by atoms with Crippen molar-refractivity contribution < 1.29 is 14.3 Å². The number of carbonyl (C=O) groups excluding carboxylic acids is 2. The van der Waals surface area contributed by atoms with Crippen molar-refractivity contribution in [2.45, 2.75) is 47.5 Å². The molecule has 0 aromatic rings. The van der Waals surface area contributed by atoms with Gasteiger partial charge in [0.05, 0.1) is 6.61 Å². The summed E-state index contributed by atoms with van der Waals surface area (Å²) >= 11 is 0. The van der Waals surface area contributed by atoms with Gasteiger partial charge in [-0.2, -0.15) is 0 Å². The van der Waals surface area contributed by atoms with Gasteiger partial charge in [0.25, 0.3) is 0 Å². The Bertz CT molecular complexity index is 284. The Kier molecular flexibility index (Phi) is 6.01. The number of hydrogen-bond donors (Lipinski definition) is 0. The number of allylic oxidation sites excluding steroid dienone is 2. The predicted octanol–water partition coefficient (Wildman–Crippen LogP) is 2.89. The van der Waals surface area contributed by atoms with Crippen LogP contribution in [0, 0.1) is 5.41 Å². The molecule has 0 fully saturated rings. The molecule has 0 aliphatic carbocycles. The molecule has 0 heterocycles. The fourth-order valence-corrected chi connectivity index (χ4v) is 1.78. The van der Waals surface area contributed by atoms with E-state index in [-0.39, 0.29) is 17.6 Å². The molecule has 92 valence electrons. The van der Waals surface area contributed by atoms with Crippen molar-refractivity contribution >= 4 is 11.8 Å². The Labute approximate surface area is 97.9 Å². The number of hydrogen-bond acceptors (Lipinski definition) is 3. The summed E-state index contributed by atoms with van der Waals surface area (Å²) in [6.45, 7) is 10.0. The fourth-order valence-electron chi connectivity index (χ4n) is 1.78. The Hall–Kier alpha value is -1.12. The Morgan fingerprint density at radius 3 is 2.25 bits per heavy atom. The van der Waals surface area contributed by atoms with E-state index in [9.17, 15) is 9.59 Å². The van der Waals surface area contributed by atoms with E-state index in [1.807, 2.05) is 27.7 Å². The highest BCUT2D eigenvalue weighted by Gasteiger charge is 2.21. The van der Waals surface area contributed by atoms with Gasteiger partial charge in [-0.15, -0.1) is 0 Å². The largest absolute Gasteiger partial charge is 0.466 e. The van der Waals surface area contributed by atoms with Crippen LogP contribution in [0.25, 0.3) is 0 Å². The Morgan fingerprint density at radius 2 is 1.81 bits per heavy atom. The predicted molar refractivity (Wildman–Crippen MR) is 64.1 cm³/mol. The molecule has 0 spiro atoms. The van der Waals surface area contributed by atoms with E-state index in [1.54, 1.807) is 6.92 Å². The standard InChI is InChI=1S/C13H22O3/c1-6-16-12(15)7-11(14)9-13(4,5)8-10(2)3/h8H,6-7,9H2,1-5H3. The van der Waals surface area contributed by atoms with E-state index in [2.05, 4.69) is 6.08 Å². The summed E-state index contributed by atoms with van der Waals surface area (Å²) in [5.74, 6) is -0.499. The lowest BCUT2D eigenvalue weighted by Gasteiger charge is -2.19. The van der Waals surface area contributed by atoms with Gasteiger partial charge in [-0.1, -0.05) is 25.5 Å². The fraction of sp³-hybridized carbons (Fsp3) is 0.692. The zero-order chi connectivity index (χ0) is 12.8. The maximum absolute atomic E-state index is 11.6. The first-order chi connectivity index (χ1) is 7.26. The van der Waals surface area contributed by atoms with Crippen LogP contribution in [0.3, 0.4) is 0 Å². The topological polar surface area (TPSA) is 43.4 Å². The number of Topliss-reactive ketones (excluding diaryl/α,β-unsaturated/α-hetero) is 1. The highest BCUT2D eigenvalue weighted by Crippen LogP contribution is 2.24. The van der Waals surface area contributed by atoms with E-state index >= 15 is 0 Å². The van der Waals surface area contributed by atoms with E-state index < -0.39 is 5.97 Å². The number of rotatable bonds is 6. The molecule has 0 aliphatic rings. The second kappa shape index (κ2) is 6.46. The molecular formula is C13H22O3. The van der Waals surface area contributed by atoms with Crippen LogP contribution in [0.15, 0.2) is 11.6 Å². The van der Waals surface area contributed by atoms with Gasteiger partial charge >= 0.3 is 5.97 Å². The van der Waals surface area contributed by atoms with Gasteiger partial charge in [0.15, 0.2) is 0 Å². The summed E-state index contributed by atoms with van der Waals surface area (Å²) < 4.78 is 4.73. The number of esters is 1. The van der Waals surface area contributed by atoms with Crippen LogP contribution in [0.5, 0.6) is 0 Å². The zero-order valence-electron chi connectivity index (χ0n) is 10.9. The first-order valence-electron chi connectivity index (χ1n) is 5.60. The molecule has 0 amide bonds. The minimum Gasteiger partial charge on any atom is -0.466 e. The summed E-state index contributed by atoms with van der Waals surface area (Å²) in [6, 6.07) is 0. The van der Waals surface area contributed by atoms with Crippen LogP contribution in [-0.2, 0) is 14.3 Å². The summed E-state index contributed by atoms with van der Waals surface area (Å²) in [6.07, 6.45) is 2.31. The van der Waals surface area contributed by atoms with Crippen LogP contribution in [-0.4, -0.2) is 18.4 Å². The van der Waals surface area contributed by atoms with Gasteiger partial charge in [-0.3, -0.25) is 9.59 Å². The second-order valence-electron chi connectivity index (χ2n) is 4.91. The van der Waals surface area contributed by atoms with Crippen LogP contribution in [0.1, 0.15) is 47.5 Å². The molecule has 3 nitrogen and oxygen atoms in total. The van der Waals surface area contributed by atoms with Crippen molar-refractivity contribution in [2.24, 2.45) is 5.41 Å². The molecule has 0 saturated heterocycles. The quantitative estimate of drug-likeness (QED) is 0.397. The normalized spacial score (nSPS) is 10.8. The van der Waals surface area contributed by atoms with Gasteiger partial charge in [-0.05, 0) is 26.2 Å². The smallest absolute Gasteiger partial charge is 0.313 e. The maximum Gasteiger partial charge on any atom is 0.313 e. The van der Waals surface area contributed by atoms with E-state index in [0.29, 0.717) is 13.0 Å². The van der Waals surface area contributed by atoms with Gasteiger partial charge in [0.2, 0.25) is 0 Å². The van der Waals surface area contributed by atoms with Crippen molar-refractivity contribution in [3.05, 3.63) is 11.6 Å². The average Bonchev–Trinajstić information content (AvgIpc) is 1.98. The summed E-state index contributed by atoms with van der Waals surface area (Å²) in [4.78, 5) is 22.7. The van der Waals surface area contributed by atoms with Crippen LogP contribution < -0.4 is 0 Å². The third kappa shape index (κ3) is 7.21. The van der Waals surface area contributed by atoms with Crippen molar-refractivity contribution in [1.29, 1.82) is 0 Å². The molecular weight excluding hydrogens is 204 g/mol. The third-order valence-electron chi connectivity index (χ3n) is 1.98. The molecule has 0 unspecified atom stereocenters. The average molecular weight is 226 g/mol. The van der Waals surface area contributed by atoms with Gasteiger partial charge in [0.1, 0.15) is 12.2 Å². The minimum absolute atomic E-state index is 0.0686. The van der Waals surface area contributed by atoms with Crippen molar-refractivity contribution in [2.75, 3.05) is 6.61 Å². The Balaban J connectivity index is 4.24. The second-order valence-corrected chi connectivity index (χ2v) is 4.91. The van der Waals surface area contributed by atoms with E-state index in [4.69, 9.17) is 4.74 Å². The number of ether oxygens (including phenoxy) is 1. The minimum atomic E-state index is -0.430. The highest BCUT2D eigenvalue weighted by molar-refractivity contribution is 5.95. The molecule has 0 atom stereocenters. The zero-order valence-corrected chi connectivity index (χ0v) is 10.9. The number of carbonyl (C=O) groups is 2. The number of ketones is 1. The molecule has 0 N–H and O–H groups in total. The lowest BCUT2D eigenvalue weighted by Crippen LogP contribution is -2.18. The van der Waals surface area contributed by atoms with E-state index in [1.165, 1.54) is 5.57 Å². The van der Waals surface area contributed by atoms with Crippen LogP contribution in [0.4, 0.5) is 0 Å². The van der Waals surface area contributed by atoms with Crippen molar-refractivity contribution in [3.8, 4) is 0 Å². The summed E-state index contributed by atoms with van der Waals surface area (Å²) in [5, 5.41) is 0. The van der Waals surface area contributed by atoms with Gasteiger partial charge in [0, 0.05) is 6.42 Å². The SMILES string of the molecule is CCOC(=O)CC(=O)CC(C)(C)C=C(C)C. The third-order valence-corrected chi connectivity index (χ3v) is 1.98. The molecule has 0 saturated carbocycles. The summed E-state index contributed by atoms with van der Waals surface area (Å²) in [5.41, 5.74) is 0.983. The summed E-state index contributed by atoms with van der Waals surface area (Å²) in [7, 11) is 0. The highest BCUT2D eigenvalue weighted by atomic mass is 16.5. The maximum atomic E-state index is 11.6. The lowest BCUT2D eigenvalue weighted by molar-refractivity contribution is -0.145. The Morgan fingerprint density at radius 1 is 1.25 bits per heavy atom. The molecule has 0 radical (unpaired) electrons. The molecule has 3 heteroatoms. The molecule has 0 aromatic carbocycles. The molecule has 0 bridgehead atoms. The van der Waals surface area contributed by atoms with Crippen LogP contribution in [0.2, 0.25) is 0 Å². The van der Waals surface area contributed by atoms with Crippen molar-refractivity contribution in [1.82, 2.24) is 0 Å². The van der Waals surface area contributed by atoms with E-state index in [0.717, 1.165) is 0 Å². The van der Waals surface area contributed by atoms with Gasteiger partial charge < -0.3 is 4.74 Å². The molecule has 0 rings (SSSR count). The van der Waals surface area contributed by atoms with Gasteiger partial charge in [-0.25, -0.2) is 0 Å². The van der Waals surface area contributed by atoms with Crippen molar-refractivity contribution in [3.63, 3.8) is 0 Å². The van der Waals surface area contributed by atoms with Crippen LogP contribution >= 0.6 is 0 Å². The molecule has 0 aliphatic heterocycles.